The van der Waals surface area contributed by atoms with E-state index in [9.17, 15) is 4.79 Å². The molecule has 1 amide bonds. The Morgan fingerprint density at radius 1 is 1.21 bits per heavy atom. The Morgan fingerprint density at radius 2 is 1.84 bits per heavy atom. The Hall–Kier alpha value is -0.570. The minimum absolute atomic E-state index is 0.399. The van der Waals surface area contributed by atoms with Crippen molar-refractivity contribution < 1.29 is 4.79 Å². The van der Waals surface area contributed by atoms with Crippen LogP contribution in [0, 0.1) is 5.92 Å². The van der Waals surface area contributed by atoms with Crippen LogP contribution in [0.4, 0.5) is 0 Å². The number of rotatable bonds is 6. The van der Waals surface area contributed by atoms with Crippen molar-refractivity contribution in [2.45, 2.75) is 71.4 Å². The number of hydrogen-bond acceptors (Lipinski definition) is 2. The highest BCUT2D eigenvalue weighted by Crippen LogP contribution is 2.30. The molecule has 2 saturated heterocycles. The second-order valence-corrected chi connectivity index (χ2v) is 6.42. The number of hydrogen-bond donors (Lipinski definition) is 0. The van der Waals surface area contributed by atoms with Gasteiger partial charge in [0, 0.05) is 31.6 Å². The number of carbonyl (C=O) groups is 1. The second kappa shape index (κ2) is 6.74. The molecule has 0 spiro atoms. The van der Waals surface area contributed by atoms with E-state index in [-0.39, 0.29) is 0 Å². The minimum atomic E-state index is 0.399. The van der Waals surface area contributed by atoms with Gasteiger partial charge in [0.2, 0.25) is 5.91 Å². The first kappa shape index (κ1) is 14.8. The van der Waals surface area contributed by atoms with Crippen LogP contribution in [0.15, 0.2) is 0 Å². The third-order valence-electron chi connectivity index (χ3n) is 5.14. The largest absolute Gasteiger partial charge is 0.340 e. The second-order valence-electron chi connectivity index (χ2n) is 6.42. The molecule has 0 radical (unpaired) electrons. The van der Waals surface area contributed by atoms with E-state index in [0.717, 1.165) is 38.4 Å². The first-order chi connectivity index (χ1) is 9.15. The summed E-state index contributed by atoms with van der Waals surface area (Å²) in [6.07, 6.45) is 6.83. The summed E-state index contributed by atoms with van der Waals surface area (Å²) in [6.45, 7) is 9.86. The summed E-state index contributed by atoms with van der Waals surface area (Å²) in [6, 6.07) is 1.28. The van der Waals surface area contributed by atoms with Gasteiger partial charge in [-0.05, 0) is 31.7 Å². The van der Waals surface area contributed by atoms with Crippen LogP contribution in [0.5, 0.6) is 0 Å². The summed E-state index contributed by atoms with van der Waals surface area (Å²) < 4.78 is 0. The Balaban J connectivity index is 1.76. The number of nitrogens with zero attached hydrogens (tertiary/aromatic N) is 2. The van der Waals surface area contributed by atoms with Crippen molar-refractivity contribution in [3.8, 4) is 0 Å². The van der Waals surface area contributed by atoms with Gasteiger partial charge in [-0.2, -0.15) is 0 Å². The molecular formula is C16H30N2O. The molecule has 2 aliphatic rings. The monoisotopic (exact) mass is 266 g/mol. The molecule has 1 unspecified atom stereocenters. The summed E-state index contributed by atoms with van der Waals surface area (Å²) >= 11 is 0. The van der Waals surface area contributed by atoms with Gasteiger partial charge in [-0.15, -0.1) is 0 Å². The molecule has 3 nitrogen and oxygen atoms in total. The number of likely N-dealkylation sites (N-methyl/N-ethyl adjacent to an activating group) is 1. The topological polar surface area (TPSA) is 23.6 Å². The zero-order valence-corrected chi connectivity index (χ0v) is 12.9. The average Bonchev–Trinajstić information content (AvgIpc) is 2.66. The summed E-state index contributed by atoms with van der Waals surface area (Å²) in [5, 5.41) is 0. The molecule has 0 aromatic carbocycles. The van der Waals surface area contributed by atoms with Crippen molar-refractivity contribution in [1.82, 2.24) is 9.80 Å². The van der Waals surface area contributed by atoms with Gasteiger partial charge in [-0.1, -0.05) is 33.6 Å². The van der Waals surface area contributed by atoms with Crippen molar-refractivity contribution in [3.63, 3.8) is 0 Å². The molecule has 2 rings (SSSR count). The summed E-state index contributed by atoms with van der Waals surface area (Å²) in [4.78, 5) is 17.0. The maximum absolute atomic E-state index is 12.3. The number of amides is 1. The fourth-order valence-electron chi connectivity index (χ4n) is 3.67. The lowest BCUT2D eigenvalue weighted by molar-refractivity contribution is -0.134. The molecular weight excluding hydrogens is 236 g/mol. The molecule has 2 aliphatic heterocycles. The zero-order chi connectivity index (χ0) is 13.8. The highest BCUT2D eigenvalue weighted by atomic mass is 16.2. The SMILES string of the molecule is CCC(C)CCCC(=O)N1C[C@H]2CC[C@@H](C1)N2CC. The van der Waals surface area contributed by atoms with Gasteiger partial charge in [-0.3, -0.25) is 9.69 Å². The molecule has 0 saturated carbocycles. The number of carbonyl (C=O) groups excluding carboxylic acids is 1. The zero-order valence-electron chi connectivity index (χ0n) is 12.9. The lowest BCUT2D eigenvalue weighted by atomic mass is 10.0. The van der Waals surface area contributed by atoms with Gasteiger partial charge >= 0.3 is 0 Å². The Labute approximate surface area is 118 Å². The van der Waals surface area contributed by atoms with E-state index in [1.165, 1.54) is 25.7 Å². The van der Waals surface area contributed by atoms with E-state index in [4.69, 9.17) is 0 Å². The Kier molecular flexibility index (Phi) is 5.26. The molecule has 0 aliphatic carbocycles. The van der Waals surface area contributed by atoms with Crippen LogP contribution in [0.1, 0.15) is 59.3 Å². The minimum Gasteiger partial charge on any atom is -0.340 e. The third kappa shape index (κ3) is 3.50. The van der Waals surface area contributed by atoms with Gasteiger partial charge in [0.15, 0.2) is 0 Å². The van der Waals surface area contributed by atoms with E-state index in [2.05, 4.69) is 30.6 Å². The van der Waals surface area contributed by atoms with Crippen LogP contribution in [0.3, 0.4) is 0 Å². The normalized spacial score (nSPS) is 28.7. The lowest BCUT2D eigenvalue weighted by Gasteiger charge is -2.40. The van der Waals surface area contributed by atoms with E-state index < -0.39 is 0 Å². The first-order valence-corrected chi connectivity index (χ1v) is 8.19. The van der Waals surface area contributed by atoms with Crippen molar-refractivity contribution in [3.05, 3.63) is 0 Å². The molecule has 2 heterocycles. The smallest absolute Gasteiger partial charge is 0.222 e. The van der Waals surface area contributed by atoms with Gasteiger partial charge in [0.25, 0.3) is 0 Å². The van der Waals surface area contributed by atoms with Gasteiger partial charge < -0.3 is 4.90 Å². The maximum atomic E-state index is 12.3. The van der Waals surface area contributed by atoms with Crippen molar-refractivity contribution in [2.75, 3.05) is 19.6 Å². The first-order valence-electron chi connectivity index (χ1n) is 8.19. The fourth-order valence-corrected chi connectivity index (χ4v) is 3.67. The van der Waals surface area contributed by atoms with Crippen molar-refractivity contribution in [1.29, 1.82) is 0 Å². The highest BCUT2D eigenvalue weighted by Gasteiger charge is 2.39. The van der Waals surface area contributed by atoms with Crippen molar-refractivity contribution >= 4 is 5.91 Å². The molecule has 2 fully saturated rings. The number of piperazine rings is 1. The summed E-state index contributed by atoms with van der Waals surface area (Å²) in [5.41, 5.74) is 0. The molecule has 3 atom stereocenters. The molecule has 110 valence electrons. The Bertz CT molecular complexity index is 291. The maximum Gasteiger partial charge on any atom is 0.222 e. The number of fused-ring (bicyclic) bond motifs is 2. The van der Waals surface area contributed by atoms with Crippen LogP contribution in [-0.4, -0.2) is 47.4 Å². The molecule has 3 heteroatoms. The summed E-state index contributed by atoms with van der Waals surface area (Å²) in [7, 11) is 0. The summed E-state index contributed by atoms with van der Waals surface area (Å²) in [5.74, 6) is 1.16. The van der Waals surface area contributed by atoms with Crippen LogP contribution in [-0.2, 0) is 4.79 Å². The molecule has 2 bridgehead atoms. The average molecular weight is 266 g/mol. The van der Waals surface area contributed by atoms with Crippen LogP contribution in [0.25, 0.3) is 0 Å². The predicted octanol–water partition coefficient (Wildman–Crippen LogP) is 2.90. The quantitative estimate of drug-likeness (QED) is 0.738. The molecule has 0 aromatic rings. The van der Waals surface area contributed by atoms with Crippen molar-refractivity contribution in [2.24, 2.45) is 5.92 Å². The Morgan fingerprint density at radius 3 is 2.37 bits per heavy atom. The van der Waals surface area contributed by atoms with Gasteiger partial charge in [0.05, 0.1) is 0 Å². The molecule has 19 heavy (non-hydrogen) atoms. The highest BCUT2D eigenvalue weighted by molar-refractivity contribution is 5.76. The van der Waals surface area contributed by atoms with Gasteiger partial charge in [0.1, 0.15) is 0 Å². The molecule has 0 aromatic heterocycles. The van der Waals surface area contributed by atoms with E-state index in [0.29, 0.717) is 18.0 Å². The van der Waals surface area contributed by atoms with Crippen LogP contribution >= 0.6 is 0 Å². The van der Waals surface area contributed by atoms with E-state index in [1.807, 2.05) is 0 Å². The van der Waals surface area contributed by atoms with Crippen LogP contribution < -0.4 is 0 Å². The van der Waals surface area contributed by atoms with Gasteiger partial charge in [-0.25, -0.2) is 0 Å². The van der Waals surface area contributed by atoms with Crippen LogP contribution in [0.2, 0.25) is 0 Å². The molecule has 0 N–H and O–H groups in total. The fraction of sp³-hybridized carbons (Fsp3) is 0.938. The van der Waals surface area contributed by atoms with E-state index in [1.54, 1.807) is 0 Å². The predicted molar refractivity (Wildman–Crippen MR) is 79.1 cm³/mol. The third-order valence-corrected chi connectivity index (χ3v) is 5.14. The standard InChI is InChI=1S/C16H30N2O/c1-4-13(3)7-6-8-16(19)17-11-14-9-10-15(12-17)18(14)5-2/h13-15H,4-12H2,1-3H3/t13?,14-,15+. The van der Waals surface area contributed by atoms with E-state index >= 15 is 0 Å². The number of likely N-dealkylation sites (tertiary alicyclic amines) is 1. The lowest BCUT2D eigenvalue weighted by Crippen LogP contribution is -2.55.